The van der Waals surface area contributed by atoms with E-state index in [0.29, 0.717) is 11.2 Å². The van der Waals surface area contributed by atoms with Crippen molar-refractivity contribution in [2.24, 2.45) is 23.2 Å². The molecule has 6 nitrogen and oxygen atoms in total. The first-order valence-corrected chi connectivity index (χ1v) is 10.8. The van der Waals surface area contributed by atoms with Gasteiger partial charge in [0.25, 0.3) is 0 Å². The van der Waals surface area contributed by atoms with Gasteiger partial charge in [0.1, 0.15) is 6.54 Å². The number of nitrogens with zero attached hydrogens (tertiary/aromatic N) is 4. The Morgan fingerprint density at radius 2 is 1.79 bits per heavy atom. The van der Waals surface area contributed by atoms with Gasteiger partial charge in [-0.05, 0) is 73.3 Å². The molecule has 0 aliphatic heterocycles. The van der Waals surface area contributed by atoms with Crippen molar-refractivity contribution in [3.8, 4) is 11.4 Å². The summed E-state index contributed by atoms with van der Waals surface area (Å²) in [7, 11) is 0. The quantitative estimate of drug-likeness (QED) is 0.834. The van der Waals surface area contributed by atoms with Crippen LogP contribution in [0.25, 0.3) is 11.4 Å². The lowest BCUT2D eigenvalue weighted by atomic mass is 9.47. The zero-order chi connectivity index (χ0) is 19.1. The van der Waals surface area contributed by atoms with Crippen LogP contribution >= 0.6 is 0 Å². The Labute approximate surface area is 166 Å². The molecule has 0 radical (unpaired) electrons. The summed E-state index contributed by atoms with van der Waals surface area (Å²) in [5.41, 5.74) is 1.23. The first kappa shape index (κ1) is 17.8. The monoisotopic (exact) mass is 379 g/mol. The SMILES string of the molecule is CC[C@@H](NC(=O)Cn1nnc(-c2ccccc2)n1)C12CC3CC(CC(C3)C1)C2. The van der Waals surface area contributed by atoms with Crippen molar-refractivity contribution in [1.29, 1.82) is 0 Å². The number of hydrogen-bond donors (Lipinski definition) is 1. The Kier molecular flexibility index (Phi) is 4.44. The summed E-state index contributed by atoms with van der Waals surface area (Å²) in [6.07, 6.45) is 9.18. The Morgan fingerprint density at radius 3 is 2.39 bits per heavy atom. The molecule has 1 aromatic heterocycles. The van der Waals surface area contributed by atoms with E-state index < -0.39 is 0 Å². The summed E-state index contributed by atoms with van der Waals surface area (Å²) in [4.78, 5) is 14.2. The van der Waals surface area contributed by atoms with Crippen LogP contribution in [0, 0.1) is 23.2 Å². The van der Waals surface area contributed by atoms with Crippen molar-refractivity contribution >= 4 is 5.91 Å². The first-order chi connectivity index (χ1) is 13.6. The lowest BCUT2D eigenvalue weighted by molar-refractivity contribution is -0.127. The predicted octanol–water partition coefficient (Wildman–Crippen LogP) is 3.45. The molecule has 6 rings (SSSR count). The number of carbonyl (C=O) groups is 1. The maximum Gasteiger partial charge on any atom is 0.243 e. The average Bonchev–Trinajstić information content (AvgIpc) is 3.14. The lowest BCUT2D eigenvalue weighted by Crippen LogP contribution is -2.57. The number of rotatable bonds is 6. The number of carbonyl (C=O) groups excluding carboxylic acids is 1. The van der Waals surface area contributed by atoms with Gasteiger partial charge in [0.15, 0.2) is 0 Å². The van der Waals surface area contributed by atoms with Crippen LogP contribution < -0.4 is 5.32 Å². The molecule has 6 heteroatoms. The van der Waals surface area contributed by atoms with Gasteiger partial charge in [-0.25, -0.2) is 0 Å². The van der Waals surface area contributed by atoms with Crippen molar-refractivity contribution < 1.29 is 4.79 Å². The highest BCUT2D eigenvalue weighted by Gasteiger charge is 2.54. The minimum Gasteiger partial charge on any atom is -0.351 e. The highest BCUT2D eigenvalue weighted by atomic mass is 16.2. The highest BCUT2D eigenvalue weighted by molar-refractivity contribution is 5.76. The lowest BCUT2D eigenvalue weighted by Gasteiger charge is -2.59. The first-order valence-electron chi connectivity index (χ1n) is 10.8. The van der Waals surface area contributed by atoms with Crippen LogP contribution in [0.2, 0.25) is 0 Å². The third-order valence-corrected chi connectivity index (χ3v) is 7.34. The van der Waals surface area contributed by atoms with E-state index in [1.54, 1.807) is 0 Å². The number of aromatic nitrogens is 4. The molecular formula is C22H29N5O. The normalized spacial score (nSPS) is 31.7. The molecule has 4 bridgehead atoms. The van der Waals surface area contributed by atoms with E-state index >= 15 is 0 Å². The van der Waals surface area contributed by atoms with Gasteiger partial charge in [-0.3, -0.25) is 4.79 Å². The fourth-order valence-corrected chi connectivity index (χ4v) is 6.67. The van der Waals surface area contributed by atoms with Crippen molar-refractivity contribution in [3.63, 3.8) is 0 Å². The summed E-state index contributed by atoms with van der Waals surface area (Å²) in [6.45, 7) is 2.34. The molecule has 0 unspecified atom stereocenters. The minimum atomic E-state index is -0.000364. The van der Waals surface area contributed by atoms with E-state index in [4.69, 9.17) is 0 Å². The molecule has 0 saturated heterocycles. The fraction of sp³-hybridized carbons (Fsp3) is 0.636. The Morgan fingerprint density at radius 1 is 1.14 bits per heavy atom. The number of hydrogen-bond acceptors (Lipinski definition) is 4. The maximum absolute atomic E-state index is 12.8. The van der Waals surface area contributed by atoms with E-state index in [1.165, 1.54) is 43.3 Å². The fourth-order valence-electron chi connectivity index (χ4n) is 6.67. The van der Waals surface area contributed by atoms with E-state index in [9.17, 15) is 4.79 Å². The van der Waals surface area contributed by atoms with Crippen LogP contribution in [-0.4, -0.2) is 32.2 Å². The van der Waals surface area contributed by atoms with Crippen molar-refractivity contribution in [2.75, 3.05) is 0 Å². The number of benzene rings is 1. The summed E-state index contributed by atoms with van der Waals surface area (Å²) in [6, 6.07) is 10.0. The molecule has 1 N–H and O–H groups in total. The molecule has 1 atom stereocenters. The standard InChI is InChI=1S/C22H29N5O/c1-2-19(22-11-15-8-16(12-22)10-17(9-15)13-22)23-20(28)14-27-25-21(24-26-27)18-6-4-3-5-7-18/h3-7,15-17,19H,2,8-14H2,1H3,(H,23,28)/t15?,16?,17?,19-,22?/m1/s1. The largest absolute Gasteiger partial charge is 0.351 e. The van der Waals surface area contributed by atoms with Gasteiger partial charge in [-0.15, -0.1) is 10.2 Å². The Bertz CT molecular complexity index is 810. The topological polar surface area (TPSA) is 72.7 Å². The van der Waals surface area contributed by atoms with Gasteiger partial charge < -0.3 is 5.32 Å². The van der Waals surface area contributed by atoms with Crippen LogP contribution in [-0.2, 0) is 11.3 Å². The predicted molar refractivity (Wildman–Crippen MR) is 106 cm³/mol. The van der Waals surface area contributed by atoms with Gasteiger partial charge in [-0.2, -0.15) is 4.80 Å². The molecule has 148 valence electrons. The van der Waals surface area contributed by atoms with Crippen LogP contribution in [0.5, 0.6) is 0 Å². The second-order valence-corrected chi connectivity index (χ2v) is 9.32. The van der Waals surface area contributed by atoms with Crippen LogP contribution in [0.4, 0.5) is 0 Å². The number of nitrogens with one attached hydrogen (secondary N) is 1. The smallest absolute Gasteiger partial charge is 0.243 e. The summed E-state index contributed by atoms with van der Waals surface area (Å²) in [5, 5.41) is 15.9. The Balaban J connectivity index is 1.26. The van der Waals surface area contributed by atoms with E-state index in [-0.39, 0.29) is 18.5 Å². The molecule has 4 saturated carbocycles. The van der Waals surface area contributed by atoms with Crippen LogP contribution in [0.3, 0.4) is 0 Å². The van der Waals surface area contributed by atoms with Gasteiger partial charge in [0, 0.05) is 11.6 Å². The minimum absolute atomic E-state index is 0.000364. The molecule has 4 aliphatic rings. The molecule has 2 aromatic rings. The zero-order valence-corrected chi connectivity index (χ0v) is 16.6. The molecule has 1 heterocycles. The third kappa shape index (κ3) is 3.23. The summed E-state index contributed by atoms with van der Waals surface area (Å²) >= 11 is 0. The number of amides is 1. The second kappa shape index (κ2) is 6.98. The maximum atomic E-state index is 12.8. The van der Waals surface area contributed by atoms with E-state index in [0.717, 1.165) is 29.7 Å². The second-order valence-electron chi connectivity index (χ2n) is 9.32. The molecule has 28 heavy (non-hydrogen) atoms. The number of tetrazole rings is 1. The van der Waals surface area contributed by atoms with Crippen LogP contribution in [0.1, 0.15) is 51.9 Å². The van der Waals surface area contributed by atoms with Gasteiger partial charge >= 0.3 is 0 Å². The molecule has 1 aromatic carbocycles. The molecule has 4 fully saturated rings. The third-order valence-electron chi connectivity index (χ3n) is 7.34. The van der Waals surface area contributed by atoms with E-state index in [1.807, 2.05) is 30.3 Å². The molecular weight excluding hydrogens is 350 g/mol. The zero-order valence-electron chi connectivity index (χ0n) is 16.6. The van der Waals surface area contributed by atoms with Crippen LogP contribution in [0.15, 0.2) is 30.3 Å². The van der Waals surface area contributed by atoms with Crippen molar-refractivity contribution in [3.05, 3.63) is 30.3 Å². The average molecular weight is 380 g/mol. The van der Waals surface area contributed by atoms with Crippen molar-refractivity contribution in [2.45, 2.75) is 64.5 Å². The van der Waals surface area contributed by atoms with E-state index in [2.05, 4.69) is 27.7 Å². The summed E-state index contributed by atoms with van der Waals surface area (Å²) < 4.78 is 0. The van der Waals surface area contributed by atoms with Gasteiger partial charge in [-0.1, -0.05) is 37.3 Å². The highest BCUT2D eigenvalue weighted by Crippen LogP contribution is 2.61. The van der Waals surface area contributed by atoms with Crippen molar-refractivity contribution in [1.82, 2.24) is 25.5 Å². The molecule has 1 amide bonds. The summed E-state index contributed by atoms with van der Waals surface area (Å²) in [5.74, 6) is 3.23. The molecule has 4 aliphatic carbocycles. The Hall–Kier alpha value is -2.24. The van der Waals surface area contributed by atoms with Gasteiger partial charge in [0.2, 0.25) is 11.7 Å². The van der Waals surface area contributed by atoms with Gasteiger partial charge in [0.05, 0.1) is 0 Å². The molecule has 0 spiro atoms.